The fraction of sp³-hybridized carbons (Fsp3) is 0.533. The third-order valence-electron chi connectivity index (χ3n) is 3.60. The van der Waals surface area contributed by atoms with Crippen LogP contribution in [0.5, 0.6) is 0 Å². The predicted molar refractivity (Wildman–Crippen MR) is 74.4 cm³/mol. The second-order valence-electron chi connectivity index (χ2n) is 5.06. The molecule has 104 valence electrons. The molecule has 19 heavy (non-hydrogen) atoms. The summed E-state index contributed by atoms with van der Waals surface area (Å²) < 4.78 is 5.50. The van der Waals surface area contributed by atoms with E-state index in [0.29, 0.717) is 19.5 Å². The minimum atomic E-state index is 0.111. The Morgan fingerprint density at radius 2 is 2.16 bits per heavy atom. The van der Waals surface area contributed by atoms with Crippen molar-refractivity contribution >= 4 is 5.91 Å². The van der Waals surface area contributed by atoms with E-state index in [2.05, 4.69) is 0 Å². The normalized spacial score (nSPS) is 18.5. The SMILES string of the molecule is CN(Cc1ccccc1CN)C(=O)CC1CCCO1. The number of hydrogen-bond donors (Lipinski definition) is 1. The van der Waals surface area contributed by atoms with Crippen LogP contribution in [-0.4, -0.2) is 30.6 Å². The molecular weight excluding hydrogens is 240 g/mol. The van der Waals surface area contributed by atoms with Gasteiger partial charge in [0.05, 0.1) is 12.5 Å². The zero-order chi connectivity index (χ0) is 13.7. The minimum Gasteiger partial charge on any atom is -0.378 e. The topological polar surface area (TPSA) is 55.6 Å². The van der Waals surface area contributed by atoms with Crippen LogP contribution in [0, 0.1) is 0 Å². The predicted octanol–water partition coefficient (Wildman–Crippen LogP) is 1.67. The molecule has 2 rings (SSSR count). The summed E-state index contributed by atoms with van der Waals surface area (Å²) in [6.07, 6.45) is 2.66. The molecule has 0 spiro atoms. The lowest BCUT2D eigenvalue weighted by atomic mass is 10.1. The third kappa shape index (κ3) is 3.78. The van der Waals surface area contributed by atoms with Crippen LogP contribution in [-0.2, 0) is 22.6 Å². The van der Waals surface area contributed by atoms with Crippen LogP contribution < -0.4 is 5.73 Å². The highest BCUT2D eigenvalue weighted by molar-refractivity contribution is 5.76. The minimum absolute atomic E-state index is 0.111. The van der Waals surface area contributed by atoms with Crippen molar-refractivity contribution in [2.45, 2.75) is 38.5 Å². The van der Waals surface area contributed by atoms with E-state index in [1.54, 1.807) is 4.90 Å². The van der Waals surface area contributed by atoms with E-state index < -0.39 is 0 Å². The van der Waals surface area contributed by atoms with E-state index in [1.165, 1.54) is 0 Å². The average Bonchev–Trinajstić information content (AvgIpc) is 2.92. The highest BCUT2D eigenvalue weighted by Gasteiger charge is 2.21. The molecule has 0 aromatic heterocycles. The molecule has 4 heteroatoms. The Hall–Kier alpha value is -1.39. The van der Waals surface area contributed by atoms with Crippen molar-refractivity contribution in [3.63, 3.8) is 0 Å². The molecule has 1 unspecified atom stereocenters. The molecule has 0 saturated carbocycles. The highest BCUT2D eigenvalue weighted by Crippen LogP contribution is 2.17. The Labute approximate surface area is 114 Å². The average molecular weight is 262 g/mol. The lowest BCUT2D eigenvalue weighted by Gasteiger charge is -2.20. The van der Waals surface area contributed by atoms with Crippen molar-refractivity contribution in [3.05, 3.63) is 35.4 Å². The van der Waals surface area contributed by atoms with Crippen molar-refractivity contribution < 1.29 is 9.53 Å². The Balaban J connectivity index is 1.92. The Kier molecular flexibility index (Phi) is 4.93. The number of carbonyl (C=O) groups excluding carboxylic acids is 1. The first-order chi connectivity index (χ1) is 9.20. The summed E-state index contributed by atoms with van der Waals surface area (Å²) in [5.41, 5.74) is 7.93. The molecule has 1 amide bonds. The van der Waals surface area contributed by atoms with Crippen LogP contribution in [0.2, 0.25) is 0 Å². The van der Waals surface area contributed by atoms with Gasteiger partial charge in [-0.05, 0) is 24.0 Å². The number of ether oxygens (including phenoxy) is 1. The van der Waals surface area contributed by atoms with Gasteiger partial charge in [-0.3, -0.25) is 4.79 Å². The van der Waals surface area contributed by atoms with Gasteiger partial charge < -0.3 is 15.4 Å². The summed E-state index contributed by atoms with van der Waals surface area (Å²) >= 11 is 0. The highest BCUT2D eigenvalue weighted by atomic mass is 16.5. The van der Waals surface area contributed by atoms with Gasteiger partial charge in [-0.25, -0.2) is 0 Å². The van der Waals surface area contributed by atoms with Crippen molar-refractivity contribution in [1.29, 1.82) is 0 Å². The monoisotopic (exact) mass is 262 g/mol. The van der Waals surface area contributed by atoms with Gasteiger partial charge in [-0.15, -0.1) is 0 Å². The number of amides is 1. The van der Waals surface area contributed by atoms with Gasteiger partial charge in [0.2, 0.25) is 5.91 Å². The van der Waals surface area contributed by atoms with Gasteiger partial charge in [-0.2, -0.15) is 0 Å². The maximum absolute atomic E-state index is 12.1. The van der Waals surface area contributed by atoms with Crippen molar-refractivity contribution in [2.75, 3.05) is 13.7 Å². The van der Waals surface area contributed by atoms with Gasteiger partial charge in [0.15, 0.2) is 0 Å². The number of benzene rings is 1. The molecule has 4 nitrogen and oxygen atoms in total. The summed E-state index contributed by atoms with van der Waals surface area (Å²) in [4.78, 5) is 13.9. The standard InChI is InChI=1S/C15H22N2O2/c1-17(15(18)9-14-7-4-8-19-14)11-13-6-3-2-5-12(13)10-16/h2-3,5-6,14H,4,7-11,16H2,1H3. The van der Waals surface area contributed by atoms with Crippen molar-refractivity contribution in [3.8, 4) is 0 Å². The molecule has 0 aliphatic carbocycles. The molecule has 1 atom stereocenters. The van der Waals surface area contributed by atoms with E-state index in [-0.39, 0.29) is 12.0 Å². The molecule has 1 aliphatic heterocycles. The summed E-state index contributed by atoms with van der Waals surface area (Å²) in [5, 5.41) is 0. The van der Waals surface area contributed by atoms with E-state index >= 15 is 0 Å². The van der Waals surface area contributed by atoms with Crippen molar-refractivity contribution in [2.24, 2.45) is 5.73 Å². The van der Waals surface area contributed by atoms with Crippen molar-refractivity contribution in [1.82, 2.24) is 4.90 Å². The fourth-order valence-corrected chi connectivity index (χ4v) is 2.41. The summed E-state index contributed by atoms with van der Waals surface area (Å²) in [5.74, 6) is 0.138. The molecule has 1 heterocycles. The van der Waals surface area contributed by atoms with Crippen LogP contribution >= 0.6 is 0 Å². The van der Waals surface area contributed by atoms with Gasteiger partial charge in [0, 0.05) is 26.7 Å². The van der Waals surface area contributed by atoms with E-state index in [0.717, 1.165) is 30.6 Å². The van der Waals surface area contributed by atoms with E-state index in [4.69, 9.17) is 10.5 Å². The largest absolute Gasteiger partial charge is 0.378 e. The Bertz CT molecular complexity index is 428. The zero-order valence-corrected chi connectivity index (χ0v) is 11.5. The number of nitrogens with two attached hydrogens (primary N) is 1. The zero-order valence-electron chi connectivity index (χ0n) is 11.5. The number of rotatable bonds is 5. The number of nitrogens with zero attached hydrogens (tertiary/aromatic N) is 1. The molecule has 2 N–H and O–H groups in total. The lowest BCUT2D eigenvalue weighted by Crippen LogP contribution is -2.29. The fourth-order valence-electron chi connectivity index (χ4n) is 2.41. The van der Waals surface area contributed by atoms with Gasteiger partial charge in [0.25, 0.3) is 0 Å². The maximum atomic E-state index is 12.1. The third-order valence-corrected chi connectivity index (χ3v) is 3.60. The molecule has 1 aromatic carbocycles. The van der Waals surface area contributed by atoms with E-state index in [1.807, 2.05) is 31.3 Å². The van der Waals surface area contributed by atoms with Crippen LogP contribution in [0.15, 0.2) is 24.3 Å². The molecule has 1 aliphatic rings. The maximum Gasteiger partial charge on any atom is 0.225 e. The Morgan fingerprint density at radius 3 is 2.79 bits per heavy atom. The van der Waals surface area contributed by atoms with Gasteiger partial charge >= 0.3 is 0 Å². The quantitative estimate of drug-likeness (QED) is 0.878. The second kappa shape index (κ2) is 6.68. The molecular formula is C15H22N2O2. The van der Waals surface area contributed by atoms with Gasteiger partial charge in [-0.1, -0.05) is 24.3 Å². The van der Waals surface area contributed by atoms with Crippen LogP contribution in [0.4, 0.5) is 0 Å². The smallest absolute Gasteiger partial charge is 0.225 e. The van der Waals surface area contributed by atoms with Crippen LogP contribution in [0.25, 0.3) is 0 Å². The number of hydrogen-bond acceptors (Lipinski definition) is 3. The lowest BCUT2D eigenvalue weighted by molar-refractivity contribution is -0.132. The molecule has 0 radical (unpaired) electrons. The first-order valence-electron chi connectivity index (χ1n) is 6.83. The molecule has 0 bridgehead atoms. The van der Waals surface area contributed by atoms with E-state index in [9.17, 15) is 4.79 Å². The van der Waals surface area contributed by atoms with Gasteiger partial charge in [0.1, 0.15) is 0 Å². The molecule has 1 fully saturated rings. The summed E-state index contributed by atoms with van der Waals surface area (Å²) in [7, 11) is 1.84. The number of carbonyl (C=O) groups is 1. The first kappa shape index (κ1) is 14.0. The Morgan fingerprint density at radius 1 is 1.42 bits per heavy atom. The second-order valence-corrected chi connectivity index (χ2v) is 5.06. The molecule has 1 aromatic rings. The molecule has 1 saturated heterocycles. The summed E-state index contributed by atoms with van der Waals surface area (Å²) in [6.45, 7) is 1.90. The first-order valence-corrected chi connectivity index (χ1v) is 6.83. The summed E-state index contributed by atoms with van der Waals surface area (Å²) in [6, 6.07) is 7.98. The van der Waals surface area contributed by atoms with Crippen LogP contribution in [0.1, 0.15) is 30.4 Å². The van der Waals surface area contributed by atoms with Crippen LogP contribution in [0.3, 0.4) is 0 Å².